The van der Waals surface area contributed by atoms with Crippen LogP contribution in [0.2, 0.25) is 0 Å². The zero-order chi connectivity index (χ0) is 13.9. The van der Waals surface area contributed by atoms with E-state index in [1.165, 1.54) is 11.3 Å². The molecule has 1 heterocycles. The molecule has 2 aromatic carbocycles. The number of fused-ring (bicyclic) bond motifs is 1. The van der Waals surface area contributed by atoms with Gasteiger partial charge in [-0.1, -0.05) is 46.3 Å². The molecule has 1 aliphatic rings. The first-order chi connectivity index (χ1) is 9.72. The van der Waals surface area contributed by atoms with Crippen molar-refractivity contribution in [2.24, 2.45) is 0 Å². The van der Waals surface area contributed by atoms with Crippen LogP contribution < -0.4 is 5.32 Å². The molecule has 0 aliphatic carbocycles. The fourth-order valence-corrected chi connectivity index (χ4v) is 3.21. The van der Waals surface area contributed by atoms with E-state index in [9.17, 15) is 4.79 Å². The number of anilines is 1. The molecular formula is C17H16BrNO. The molecule has 1 atom stereocenters. The monoisotopic (exact) mass is 329 g/mol. The number of para-hydroxylation sites is 1. The van der Waals surface area contributed by atoms with Gasteiger partial charge in [-0.05, 0) is 29.3 Å². The van der Waals surface area contributed by atoms with E-state index in [-0.39, 0.29) is 0 Å². The number of carbonyl (C=O) groups is 1. The average Bonchev–Trinajstić information content (AvgIpc) is 2.82. The van der Waals surface area contributed by atoms with Crippen molar-refractivity contribution in [2.45, 2.75) is 18.8 Å². The lowest BCUT2D eigenvalue weighted by Gasteiger charge is -2.09. The van der Waals surface area contributed by atoms with Crippen LogP contribution in [0.3, 0.4) is 0 Å². The highest BCUT2D eigenvalue weighted by atomic mass is 79.9. The van der Waals surface area contributed by atoms with Crippen molar-refractivity contribution in [3.63, 3.8) is 0 Å². The van der Waals surface area contributed by atoms with Crippen LogP contribution >= 0.6 is 15.9 Å². The van der Waals surface area contributed by atoms with E-state index < -0.39 is 0 Å². The number of rotatable bonds is 4. The minimum Gasteiger partial charge on any atom is -0.384 e. The van der Waals surface area contributed by atoms with E-state index in [4.69, 9.17) is 0 Å². The normalized spacial score (nSPS) is 16.6. The average molecular weight is 330 g/mol. The lowest BCUT2D eigenvalue weighted by atomic mass is 9.93. The Balaban J connectivity index is 1.66. The van der Waals surface area contributed by atoms with Crippen LogP contribution in [-0.4, -0.2) is 12.3 Å². The Kier molecular flexibility index (Phi) is 3.88. The summed E-state index contributed by atoms with van der Waals surface area (Å²) in [4.78, 5) is 12.2. The minimum atomic E-state index is 0.298. The summed E-state index contributed by atoms with van der Waals surface area (Å²) in [6, 6.07) is 16.2. The van der Waals surface area contributed by atoms with Crippen LogP contribution in [0.4, 0.5) is 5.69 Å². The summed E-state index contributed by atoms with van der Waals surface area (Å²) in [5.74, 6) is 0.609. The van der Waals surface area contributed by atoms with Gasteiger partial charge in [0.1, 0.15) is 5.78 Å². The highest BCUT2D eigenvalue weighted by molar-refractivity contribution is 9.10. The summed E-state index contributed by atoms with van der Waals surface area (Å²) >= 11 is 3.44. The fraction of sp³-hybridized carbons (Fsp3) is 0.235. The number of nitrogens with one attached hydrogen (secondary N) is 1. The molecule has 1 N–H and O–H groups in total. The summed E-state index contributed by atoms with van der Waals surface area (Å²) in [6.07, 6.45) is 1.12. The first-order valence-electron chi connectivity index (χ1n) is 6.81. The third-order valence-corrected chi connectivity index (χ3v) is 4.20. The second kappa shape index (κ2) is 5.80. The van der Waals surface area contributed by atoms with Gasteiger partial charge in [0, 0.05) is 35.5 Å². The van der Waals surface area contributed by atoms with Crippen LogP contribution in [0.5, 0.6) is 0 Å². The van der Waals surface area contributed by atoms with Crippen LogP contribution in [0.1, 0.15) is 23.5 Å². The summed E-state index contributed by atoms with van der Waals surface area (Å²) < 4.78 is 1.02. The number of benzene rings is 2. The molecule has 102 valence electrons. The molecule has 0 spiro atoms. The highest BCUT2D eigenvalue weighted by Gasteiger charge is 2.23. The molecule has 0 saturated carbocycles. The molecule has 20 heavy (non-hydrogen) atoms. The van der Waals surface area contributed by atoms with Gasteiger partial charge in [-0.2, -0.15) is 0 Å². The molecule has 0 aromatic heterocycles. The van der Waals surface area contributed by atoms with Gasteiger partial charge in [-0.25, -0.2) is 0 Å². The Labute approximate surface area is 127 Å². The molecule has 0 radical (unpaired) electrons. The maximum Gasteiger partial charge on any atom is 0.137 e. The topological polar surface area (TPSA) is 29.1 Å². The minimum absolute atomic E-state index is 0.298. The Morgan fingerprint density at radius 1 is 1.20 bits per heavy atom. The molecule has 2 nitrogen and oxygen atoms in total. The fourth-order valence-electron chi connectivity index (χ4n) is 2.76. The van der Waals surface area contributed by atoms with Gasteiger partial charge in [0.25, 0.3) is 0 Å². The predicted molar refractivity (Wildman–Crippen MR) is 85.1 cm³/mol. The zero-order valence-corrected chi connectivity index (χ0v) is 12.7. The third-order valence-electron chi connectivity index (χ3n) is 3.70. The molecule has 0 bridgehead atoms. The summed E-state index contributed by atoms with van der Waals surface area (Å²) in [7, 11) is 0. The number of Topliss-reactive ketones (excluding diaryl/α,β-unsaturated/α-hetero) is 1. The summed E-state index contributed by atoms with van der Waals surface area (Å²) in [5, 5.41) is 3.37. The van der Waals surface area contributed by atoms with E-state index in [2.05, 4.69) is 33.4 Å². The van der Waals surface area contributed by atoms with Gasteiger partial charge in [0.2, 0.25) is 0 Å². The van der Waals surface area contributed by atoms with Gasteiger partial charge >= 0.3 is 0 Å². The Hall–Kier alpha value is -1.61. The maximum atomic E-state index is 12.2. The van der Waals surface area contributed by atoms with Crippen molar-refractivity contribution in [3.05, 3.63) is 64.1 Å². The molecular weight excluding hydrogens is 314 g/mol. The Bertz CT molecular complexity index is 638. The van der Waals surface area contributed by atoms with E-state index in [0.717, 1.165) is 16.6 Å². The number of ketones is 1. The van der Waals surface area contributed by atoms with E-state index in [1.807, 2.05) is 36.4 Å². The van der Waals surface area contributed by atoms with Crippen molar-refractivity contribution < 1.29 is 4.79 Å². The largest absolute Gasteiger partial charge is 0.384 e. The van der Waals surface area contributed by atoms with Crippen molar-refractivity contribution in [1.29, 1.82) is 0 Å². The Morgan fingerprint density at radius 2 is 2.05 bits per heavy atom. The van der Waals surface area contributed by atoms with Crippen LogP contribution in [0.25, 0.3) is 0 Å². The lowest BCUT2D eigenvalue weighted by Crippen LogP contribution is -2.11. The number of halogens is 1. The first-order valence-corrected chi connectivity index (χ1v) is 7.60. The van der Waals surface area contributed by atoms with Gasteiger partial charge in [0.05, 0.1) is 0 Å². The van der Waals surface area contributed by atoms with E-state index in [0.29, 0.717) is 24.5 Å². The lowest BCUT2D eigenvalue weighted by molar-refractivity contribution is -0.118. The summed E-state index contributed by atoms with van der Waals surface area (Å²) in [5.41, 5.74) is 3.52. The van der Waals surface area contributed by atoms with Crippen molar-refractivity contribution in [3.8, 4) is 0 Å². The van der Waals surface area contributed by atoms with Gasteiger partial charge in [-0.15, -0.1) is 0 Å². The van der Waals surface area contributed by atoms with Crippen molar-refractivity contribution in [1.82, 2.24) is 0 Å². The van der Waals surface area contributed by atoms with Crippen LogP contribution in [0.15, 0.2) is 53.0 Å². The smallest absolute Gasteiger partial charge is 0.137 e. The molecule has 3 heteroatoms. The number of carbonyl (C=O) groups excluding carboxylic acids is 1. The maximum absolute atomic E-state index is 12.2. The SMILES string of the molecule is O=C(Cc1cccc(Br)c1)CC1CNc2ccccc21. The van der Waals surface area contributed by atoms with E-state index >= 15 is 0 Å². The first kappa shape index (κ1) is 13.4. The zero-order valence-electron chi connectivity index (χ0n) is 11.1. The van der Waals surface area contributed by atoms with E-state index in [1.54, 1.807) is 0 Å². The van der Waals surface area contributed by atoms with Crippen LogP contribution in [0, 0.1) is 0 Å². The molecule has 1 unspecified atom stereocenters. The molecule has 0 saturated heterocycles. The third kappa shape index (κ3) is 2.93. The van der Waals surface area contributed by atoms with Gasteiger partial charge < -0.3 is 5.32 Å². The second-order valence-corrected chi connectivity index (χ2v) is 6.13. The number of hydrogen-bond acceptors (Lipinski definition) is 2. The second-order valence-electron chi connectivity index (χ2n) is 5.21. The van der Waals surface area contributed by atoms with Crippen molar-refractivity contribution >= 4 is 27.4 Å². The van der Waals surface area contributed by atoms with Crippen molar-refractivity contribution in [2.75, 3.05) is 11.9 Å². The Morgan fingerprint density at radius 3 is 2.90 bits per heavy atom. The number of hydrogen-bond donors (Lipinski definition) is 1. The standard InChI is InChI=1S/C17H16BrNO/c18-14-5-3-4-12(8-14)9-15(20)10-13-11-19-17-7-2-1-6-16(13)17/h1-8,13,19H,9-11H2. The molecule has 0 amide bonds. The molecule has 2 aromatic rings. The van der Waals surface area contributed by atoms with Crippen LogP contribution in [-0.2, 0) is 11.2 Å². The summed E-state index contributed by atoms with van der Waals surface area (Å²) in [6.45, 7) is 0.865. The van der Waals surface area contributed by atoms with Gasteiger partial charge in [-0.3, -0.25) is 4.79 Å². The highest BCUT2D eigenvalue weighted by Crippen LogP contribution is 2.33. The molecule has 0 fully saturated rings. The quantitative estimate of drug-likeness (QED) is 0.912. The molecule has 1 aliphatic heterocycles. The predicted octanol–water partition coefficient (Wildman–Crippen LogP) is 4.16. The van der Waals surface area contributed by atoms with Gasteiger partial charge in [0.15, 0.2) is 0 Å². The molecule has 3 rings (SSSR count).